The first-order valence-corrected chi connectivity index (χ1v) is 7.76. The van der Waals surface area contributed by atoms with Crippen molar-refractivity contribution in [1.82, 2.24) is 4.90 Å². The van der Waals surface area contributed by atoms with E-state index in [0.717, 1.165) is 23.1 Å². The summed E-state index contributed by atoms with van der Waals surface area (Å²) in [5, 5.41) is 0. The average molecular weight is 331 g/mol. The Morgan fingerprint density at radius 1 is 1.20 bits per heavy atom. The van der Waals surface area contributed by atoms with Crippen molar-refractivity contribution in [3.63, 3.8) is 0 Å². The summed E-state index contributed by atoms with van der Waals surface area (Å²) < 4.78 is 1.13. The molecule has 1 atom stereocenters. The van der Waals surface area contributed by atoms with E-state index >= 15 is 0 Å². The van der Waals surface area contributed by atoms with E-state index in [4.69, 9.17) is 5.73 Å². The minimum absolute atomic E-state index is 0.509. The summed E-state index contributed by atoms with van der Waals surface area (Å²) in [5.74, 6) is 0. The Morgan fingerprint density at radius 3 is 2.70 bits per heavy atom. The standard InChI is InChI=1S/C17H19BrN2/c1-20(11-12-2-5-14(18)6-3-12)17-9-4-13-10-15(19)7-8-16(13)17/h2-3,5-8,10,17H,4,9,11,19H2,1H3. The summed E-state index contributed by atoms with van der Waals surface area (Å²) in [6.07, 6.45) is 2.32. The van der Waals surface area contributed by atoms with E-state index in [-0.39, 0.29) is 0 Å². The first kappa shape index (κ1) is 13.7. The van der Waals surface area contributed by atoms with Crippen LogP contribution in [0.2, 0.25) is 0 Å². The number of aryl methyl sites for hydroxylation is 1. The van der Waals surface area contributed by atoms with E-state index in [1.165, 1.54) is 23.1 Å². The lowest BCUT2D eigenvalue weighted by atomic mass is 10.1. The van der Waals surface area contributed by atoms with E-state index in [2.05, 4.69) is 64.3 Å². The van der Waals surface area contributed by atoms with Crippen LogP contribution in [-0.2, 0) is 13.0 Å². The minimum atomic E-state index is 0.509. The van der Waals surface area contributed by atoms with Crippen LogP contribution in [0.3, 0.4) is 0 Å². The van der Waals surface area contributed by atoms with E-state index in [0.29, 0.717) is 6.04 Å². The molecule has 1 unspecified atom stereocenters. The molecule has 0 aliphatic heterocycles. The largest absolute Gasteiger partial charge is 0.399 e. The van der Waals surface area contributed by atoms with Gasteiger partial charge in [0, 0.05) is 22.7 Å². The molecule has 0 heterocycles. The topological polar surface area (TPSA) is 29.3 Å². The molecule has 2 nitrogen and oxygen atoms in total. The molecule has 2 N–H and O–H groups in total. The average Bonchev–Trinajstić information content (AvgIpc) is 2.84. The van der Waals surface area contributed by atoms with Crippen LogP contribution < -0.4 is 5.73 Å². The van der Waals surface area contributed by atoms with E-state index in [1.807, 2.05) is 6.07 Å². The van der Waals surface area contributed by atoms with Crippen molar-refractivity contribution >= 4 is 21.6 Å². The predicted molar refractivity (Wildman–Crippen MR) is 87.5 cm³/mol. The molecule has 0 spiro atoms. The smallest absolute Gasteiger partial charge is 0.0354 e. The van der Waals surface area contributed by atoms with Gasteiger partial charge in [0.05, 0.1) is 0 Å². The first-order valence-electron chi connectivity index (χ1n) is 6.96. The van der Waals surface area contributed by atoms with Gasteiger partial charge in [-0.05, 0) is 60.8 Å². The molecule has 2 aromatic carbocycles. The molecular formula is C17H19BrN2. The fourth-order valence-corrected chi connectivity index (χ4v) is 3.33. The summed E-state index contributed by atoms with van der Waals surface area (Å²) in [6, 6.07) is 15.4. The SMILES string of the molecule is CN(Cc1ccc(Br)cc1)C1CCc2cc(N)ccc21. The molecular weight excluding hydrogens is 312 g/mol. The zero-order valence-electron chi connectivity index (χ0n) is 11.6. The van der Waals surface area contributed by atoms with Gasteiger partial charge in [0.1, 0.15) is 0 Å². The highest BCUT2D eigenvalue weighted by Crippen LogP contribution is 2.36. The van der Waals surface area contributed by atoms with Crippen LogP contribution >= 0.6 is 15.9 Å². The van der Waals surface area contributed by atoms with Crippen molar-refractivity contribution in [2.45, 2.75) is 25.4 Å². The molecule has 3 heteroatoms. The van der Waals surface area contributed by atoms with Crippen molar-refractivity contribution in [3.8, 4) is 0 Å². The third-order valence-corrected chi connectivity index (χ3v) is 4.62. The Hall–Kier alpha value is -1.32. The summed E-state index contributed by atoms with van der Waals surface area (Å²) in [4.78, 5) is 2.44. The van der Waals surface area contributed by atoms with Gasteiger partial charge < -0.3 is 5.73 Å². The lowest BCUT2D eigenvalue weighted by Gasteiger charge is -2.25. The Kier molecular flexibility index (Phi) is 3.81. The number of hydrogen-bond acceptors (Lipinski definition) is 2. The number of halogens is 1. The predicted octanol–water partition coefficient (Wildman–Crippen LogP) is 4.15. The highest BCUT2D eigenvalue weighted by molar-refractivity contribution is 9.10. The molecule has 0 fully saturated rings. The fraction of sp³-hybridized carbons (Fsp3) is 0.294. The van der Waals surface area contributed by atoms with Gasteiger partial charge >= 0.3 is 0 Å². The number of hydrogen-bond donors (Lipinski definition) is 1. The quantitative estimate of drug-likeness (QED) is 0.856. The molecule has 1 aliphatic carbocycles. The number of nitrogens with two attached hydrogens (primary N) is 1. The Morgan fingerprint density at radius 2 is 1.95 bits per heavy atom. The van der Waals surface area contributed by atoms with Crippen molar-refractivity contribution in [2.75, 3.05) is 12.8 Å². The van der Waals surface area contributed by atoms with Gasteiger partial charge in [-0.25, -0.2) is 0 Å². The molecule has 20 heavy (non-hydrogen) atoms. The van der Waals surface area contributed by atoms with Gasteiger partial charge in [0.15, 0.2) is 0 Å². The molecule has 0 bridgehead atoms. The van der Waals surface area contributed by atoms with Crippen LogP contribution in [0.5, 0.6) is 0 Å². The number of rotatable bonds is 3. The van der Waals surface area contributed by atoms with Crippen LogP contribution in [0.4, 0.5) is 5.69 Å². The van der Waals surface area contributed by atoms with E-state index in [1.54, 1.807) is 0 Å². The van der Waals surface area contributed by atoms with Crippen molar-refractivity contribution < 1.29 is 0 Å². The lowest BCUT2D eigenvalue weighted by molar-refractivity contribution is 0.236. The first-order chi connectivity index (χ1) is 9.63. The molecule has 3 rings (SSSR count). The van der Waals surface area contributed by atoms with Crippen LogP contribution in [0.1, 0.15) is 29.2 Å². The summed E-state index contributed by atoms with van der Waals surface area (Å²) in [6.45, 7) is 0.974. The van der Waals surface area contributed by atoms with Crippen molar-refractivity contribution in [2.24, 2.45) is 0 Å². The van der Waals surface area contributed by atoms with Crippen molar-refractivity contribution in [1.29, 1.82) is 0 Å². The monoisotopic (exact) mass is 330 g/mol. The summed E-state index contributed by atoms with van der Waals surface area (Å²) in [5.41, 5.74) is 11.0. The maximum absolute atomic E-state index is 5.87. The summed E-state index contributed by atoms with van der Waals surface area (Å²) >= 11 is 3.48. The number of nitrogens with zero attached hydrogens (tertiary/aromatic N) is 1. The number of benzene rings is 2. The van der Waals surface area contributed by atoms with Gasteiger partial charge in [-0.3, -0.25) is 4.90 Å². The molecule has 0 saturated carbocycles. The van der Waals surface area contributed by atoms with Gasteiger partial charge in [0.25, 0.3) is 0 Å². The second kappa shape index (κ2) is 5.58. The molecule has 0 radical (unpaired) electrons. The Bertz CT molecular complexity index is 607. The van der Waals surface area contributed by atoms with Crippen LogP contribution in [0.25, 0.3) is 0 Å². The molecule has 1 aliphatic rings. The molecule has 0 saturated heterocycles. The zero-order chi connectivity index (χ0) is 14.1. The third-order valence-electron chi connectivity index (χ3n) is 4.09. The van der Waals surface area contributed by atoms with Crippen LogP contribution in [0.15, 0.2) is 46.9 Å². The molecule has 2 aromatic rings. The lowest BCUT2D eigenvalue weighted by Crippen LogP contribution is -2.22. The Labute approximate surface area is 128 Å². The number of nitrogen functional groups attached to an aromatic ring is 1. The van der Waals surface area contributed by atoms with Gasteiger partial charge in [0.2, 0.25) is 0 Å². The minimum Gasteiger partial charge on any atom is -0.399 e. The summed E-state index contributed by atoms with van der Waals surface area (Å²) in [7, 11) is 2.21. The van der Waals surface area contributed by atoms with Crippen LogP contribution in [-0.4, -0.2) is 11.9 Å². The number of anilines is 1. The van der Waals surface area contributed by atoms with Crippen molar-refractivity contribution in [3.05, 3.63) is 63.6 Å². The molecule has 0 aromatic heterocycles. The number of fused-ring (bicyclic) bond motifs is 1. The normalized spacial score (nSPS) is 17.4. The van der Waals surface area contributed by atoms with Gasteiger partial charge in [-0.15, -0.1) is 0 Å². The van der Waals surface area contributed by atoms with E-state index < -0.39 is 0 Å². The van der Waals surface area contributed by atoms with Crippen LogP contribution in [0, 0.1) is 0 Å². The highest BCUT2D eigenvalue weighted by Gasteiger charge is 2.25. The second-order valence-electron chi connectivity index (χ2n) is 5.55. The maximum atomic E-state index is 5.87. The highest BCUT2D eigenvalue weighted by atomic mass is 79.9. The molecule has 0 amide bonds. The van der Waals surface area contributed by atoms with E-state index in [9.17, 15) is 0 Å². The fourth-order valence-electron chi connectivity index (χ4n) is 3.06. The molecule has 104 valence electrons. The van der Waals surface area contributed by atoms with Gasteiger partial charge in [-0.2, -0.15) is 0 Å². The maximum Gasteiger partial charge on any atom is 0.0354 e. The Balaban J connectivity index is 1.76. The second-order valence-corrected chi connectivity index (χ2v) is 6.47. The van der Waals surface area contributed by atoms with Gasteiger partial charge in [-0.1, -0.05) is 34.1 Å². The zero-order valence-corrected chi connectivity index (χ0v) is 13.2. The third kappa shape index (κ3) is 2.74.